The fourth-order valence-corrected chi connectivity index (χ4v) is 3.17. The van der Waals surface area contributed by atoms with E-state index in [9.17, 15) is 23.1 Å². The standard InChI is InChI=1S/C18H11Cl2F3O4/c19-12-7-10-6-11(17(24)25)16(18(21,22)23)27-14(10)13(20)15(12)26-8-9-4-2-1-3-5-9/h1-7,16H,8H2,(H,24,25)/p+1. The second kappa shape index (κ2) is 7.32. The third kappa shape index (κ3) is 3.99. The number of aliphatic carboxylic acids is 1. The first-order chi connectivity index (χ1) is 12.7. The molecule has 0 fully saturated rings. The molecule has 0 amide bonds. The zero-order valence-electron chi connectivity index (χ0n) is 13.4. The second-order valence-electron chi connectivity index (χ2n) is 5.66. The molecule has 0 radical (unpaired) electrons. The van der Waals surface area contributed by atoms with Crippen LogP contribution in [0.4, 0.5) is 13.2 Å². The van der Waals surface area contributed by atoms with Crippen molar-refractivity contribution in [1.82, 2.24) is 0 Å². The average molecular weight is 420 g/mol. The fraction of sp³-hybridized carbons (Fsp3) is 0.167. The van der Waals surface area contributed by atoms with Gasteiger partial charge < -0.3 is 19.4 Å². The van der Waals surface area contributed by atoms with Gasteiger partial charge in [0, 0.05) is 5.56 Å². The normalized spacial score (nSPS) is 16.2. The van der Waals surface area contributed by atoms with Crippen molar-refractivity contribution in [1.29, 1.82) is 0 Å². The maximum atomic E-state index is 13.2. The number of carboxylic acids is 1. The molecule has 142 valence electrons. The Balaban J connectivity index is 1.99. The number of aliphatic hydroxyl groups excluding tert-OH is 1. The number of halogens is 5. The highest BCUT2D eigenvalue weighted by molar-refractivity contribution is 6.38. The summed E-state index contributed by atoms with van der Waals surface area (Å²) in [5.41, 5.74) is 0.0201. The largest absolute Gasteiger partial charge is 0.515 e. The molecule has 1 aliphatic rings. The summed E-state index contributed by atoms with van der Waals surface area (Å²) < 4.78 is 50.2. The minimum absolute atomic E-state index is 0.0316. The zero-order valence-corrected chi connectivity index (χ0v) is 14.9. The molecule has 3 rings (SSSR count). The Morgan fingerprint density at radius 1 is 1.22 bits per heavy atom. The molecule has 27 heavy (non-hydrogen) atoms. The Kier molecular flexibility index (Phi) is 5.26. The molecule has 1 aliphatic heterocycles. The molecule has 0 spiro atoms. The molecular formula is C18H12Cl2F3O4+. The van der Waals surface area contributed by atoms with Crippen molar-refractivity contribution in [2.75, 3.05) is 0 Å². The lowest BCUT2D eigenvalue weighted by Gasteiger charge is -2.27. The summed E-state index contributed by atoms with van der Waals surface area (Å²) in [7, 11) is 0. The number of carboxylic acid groups (broad SMARTS) is 1. The average Bonchev–Trinajstić information content (AvgIpc) is 2.60. The van der Waals surface area contributed by atoms with Crippen LogP contribution >= 0.6 is 23.2 Å². The van der Waals surface area contributed by atoms with Gasteiger partial charge in [-0.05, 0) is 17.7 Å². The number of hydrogen-bond acceptors (Lipinski definition) is 2. The Bertz CT molecular complexity index is 911. The van der Waals surface area contributed by atoms with Crippen molar-refractivity contribution in [3.05, 3.63) is 63.1 Å². The lowest BCUT2D eigenvalue weighted by Crippen LogP contribution is -2.40. The number of alkyl halides is 3. The highest BCUT2D eigenvalue weighted by Crippen LogP contribution is 2.47. The van der Waals surface area contributed by atoms with E-state index in [1.807, 2.05) is 6.07 Å². The number of rotatable bonds is 4. The van der Waals surface area contributed by atoms with E-state index < -0.39 is 23.8 Å². The second-order valence-corrected chi connectivity index (χ2v) is 6.44. The Morgan fingerprint density at radius 3 is 2.48 bits per heavy atom. The van der Waals surface area contributed by atoms with Gasteiger partial charge in [-0.2, -0.15) is 13.2 Å². The van der Waals surface area contributed by atoms with Crippen LogP contribution in [-0.2, 0) is 6.61 Å². The minimum Gasteiger partial charge on any atom is -0.486 e. The summed E-state index contributed by atoms with van der Waals surface area (Å²) in [6.45, 7) is 0.0913. The van der Waals surface area contributed by atoms with E-state index in [0.29, 0.717) is 0 Å². The van der Waals surface area contributed by atoms with Gasteiger partial charge in [-0.3, -0.25) is 0 Å². The first-order valence-corrected chi connectivity index (χ1v) is 8.33. The zero-order chi connectivity index (χ0) is 19.8. The topological polar surface area (TPSA) is 60.1 Å². The third-order valence-corrected chi connectivity index (χ3v) is 4.39. The van der Waals surface area contributed by atoms with Gasteiger partial charge in [0.05, 0.1) is 5.02 Å². The highest BCUT2D eigenvalue weighted by Gasteiger charge is 2.51. The van der Waals surface area contributed by atoms with Crippen LogP contribution in [0.2, 0.25) is 10.0 Å². The van der Waals surface area contributed by atoms with Gasteiger partial charge in [-0.25, -0.2) is 0 Å². The number of ether oxygens (including phenoxy) is 2. The molecule has 0 saturated heterocycles. The summed E-state index contributed by atoms with van der Waals surface area (Å²) in [5, 5.41) is 8.97. The maximum Gasteiger partial charge on any atom is 0.515 e. The predicted octanol–water partition coefficient (Wildman–Crippen LogP) is 5.34. The number of benzene rings is 2. The van der Waals surface area contributed by atoms with E-state index in [0.717, 1.165) is 11.6 Å². The van der Waals surface area contributed by atoms with Crippen molar-refractivity contribution in [3.8, 4) is 11.5 Å². The summed E-state index contributed by atoms with van der Waals surface area (Å²) in [6, 6.07) is 10.3. The molecular weight excluding hydrogens is 408 g/mol. The van der Waals surface area contributed by atoms with Crippen LogP contribution in [0.15, 0.2) is 42.0 Å². The van der Waals surface area contributed by atoms with Crippen LogP contribution < -0.4 is 9.47 Å². The van der Waals surface area contributed by atoms with E-state index in [-0.39, 0.29) is 33.7 Å². The first-order valence-electron chi connectivity index (χ1n) is 7.57. The van der Waals surface area contributed by atoms with Gasteiger partial charge in [0.2, 0.25) is 6.10 Å². The van der Waals surface area contributed by atoms with Gasteiger partial charge in [-0.1, -0.05) is 53.5 Å². The summed E-state index contributed by atoms with van der Waals surface area (Å²) in [5.74, 6) is -1.84. The van der Waals surface area contributed by atoms with Gasteiger partial charge in [-0.15, -0.1) is 0 Å². The van der Waals surface area contributed by atoms with Gasteiger partial charge in [0.15, 0.2) is 11.5 Å². The monoisotopic (exact) mass is 419 g/mol. The Hall–Kier alpha value is -2.38. The van der Waals surface area contributed by atoms with Crippen molar-refractivity contribution >= 4 is 35.2 Å². The van der Waals surface area contributed by atoms with Gasteiger partial charge in [0.25, 0.3) is 0 Å². The molecule has 1 atom stereocenters. The molecule has 4 nitrogen and oxygen atoms in total. The predicted molar refractivity (Wildman–Crippen MR) is 95.3 cm³/mol. The molecule has 0 saturated carbocycles. The van der Waals surface area contributed by atoms with E-state index in [4.69, 9.17) is 32.7 Å². The van der Waals surface area contributed by atoms with E-state index in [1.54, 1.807) is 24.3 Å². The number of fused-ring (bicyclic) bond motifs is 1. The van der Waals surface area contributed by atoms with Crippen LogP contribution in [-0.4, -0.2) is 28.2 Å². The lowest BCUT2D eigenvalue weighted by atomic mass is 10.0. The lowest BCUT2D eigenvalue weighted by molar-refractivity contribution is -0.182. The smallest absolute Gasteiger partial charge is 0.486 e. The molecule has 0 aliphatic carbocycles. The van der Waals surface area contributed by atoms with Crippen molar-refractivity contribution in [3.63, 3.8) is 0 Å². The molecule has 0 bridgehead atoms. The van der Waals surface area contributed by atoms with Crippen LogP contribution in [0.1, 0.15) is 11.1 Å². The Morgan fingerprint density at radius 2 is 1.89 bits per heavy atom. The van der Waals surface area contributed by atoms with Gasteiger partial charge >= 0.3 is 12.1 Å². The quantitative estimate of drug-likeness (QED) is 0.680. The van der Waals surface area contributed by atoms with E-state index in [2.05, 4.69) is 0 Å². The SMILES string of the molecule is OC(=[OH+])C1=Cc2cc(Cl)c(OCc3ccccc3)c(Cl)c2OC1C(F)(F)F. The molecule has 1 unspecified atom stereocenters. The van der Waals surface area contributed by atoms with Crippen LogP contribution in [0.25, 0.3) is 6.08 Å². The molecule has 1 heterocycles. The molecule has 0 aromatic heterocycles. The summed E-state index contributed by atoms with van der Waals surface area (Å²) in [6.07, 6.45) is -6.57. The van der Waals surface area contributed by atoms with Gasteiger partial charge in [0.1, 0.15) is 17.2 Å². The highest BCUT2D eigenvalue weighted by atomic mass is 35.5. The summed E-state index contributed by atoms with van der Waals surface area (Å²) in [4.78, 5) is 9.17. The first kappa shape index (κ1) is 19.4. The van der Waals surface area contributed by atoms with Crippen molar-refractivity contribution in [2.45, 2.75) is 18.9 Å². The third-order valence-electron chi connectivity index (χ3n) is 3.77. The Labute approximate surface area is 161 Å². The minimum atomic E-state index is -4.89. The van der Waals surface area contributed by atoms with Crippen LogP contribution in [0.5, 0.6) is 11.5 Å². The molecule has 9 heteroatoms. The fourth-order valence-electron chi connectivity index (χ4n) is 2.54. The van der Waals surface area contributed by atoms with Crippen LogP contribution in [0.3, 0.4) is 0 Å². The summed E-state index contributed by atoms with van der Waals surface area (Å²) >= 11 is 12.3. The maximum absolute atomic E-state index is 13.2. The van der Waals surface area contributed by atoms with E-state index >= 15 is 0 Å². The van der Waals surface area contributed by atoms with Crippen LogP contribution in [0, 0.1) is 0 Å². The van der Waals surface area contributed by atoms with Crippen molar-refractivity contribution < 1.29 is 32.5 Å². The number of hydrogen-bond donors (Lipinski definition) is 1. The molecule has 2 aromatic rings. The molecule has 2 aromatic carbocycles. The van der Waals surface area contributed by atoms with Crippen molar-refractivity contribution in [2.24, 2.45) is 0 Å². The van der Waals surface area contributed by atoms with E-state index in [1.165, 1.54) is 6.07 Å². The molecule has 2 N–H and O–H groups in total.